The lowest BCUT2D eigenvalue weighted by atomic mass is 9.84. The number of hydrogen-bond donors (Lipinski definition) is 4. The first-order chi connectivity index (χ1) is 26.1. The molecule has 1 aliphatic heterocycles. The average molecular weight is 769 g/mol. The highest BCUT2D eigenvalue weighted by Gasteiger charge is 2.37. The van der Waals surface area contributed by atoms with Crippen LogP contribution in [0, 0.1) is 5.92 Å². The first-order valence-electron chi connectivity index (χ1n) is 18.2. The van der Waals surface area contributed by atoms with E-state index >= 15 is 0 Å². The molecule has 4 N–H and O–H groups in total. The molecule has 1 fully saturated rings. The first-order valence-corrected chi connectivity index (χ1v) is 20.1. The smallest absolute Gasteiger partial charge is 0.309 e. The van der Waals surface area contributed by atoms with Crippen LogP contribution in [0.5, 0.6) is 0 Å². The van der Waals surface area contributed by atoms with Gasteiger partial charge in [-0.25, -0.2) is 4.98 Å². The number of amides is 3. The Morgan fingerprint density at radius 1 is 0.870 bits per heavy atom. The van der Waals surface area contributed by atoms with Crippen LogP contribution in [0.25, 0.3) is 0 Å². The van der Waals surface area contributed by atoms with E-state index in [1.54, 1.807) is 28.7 Å². The first kappa shape index (κ1) is 40.4. The van der Waals surface area contributed by atoms with Crippen LogP contribution >= 0.6 is 23.1 Å². The van der Waals surface area contributed by atoms with E-state index in [1.807, 2.05) is 74.5 Å². The number of carbonyl (C=O) groups excluding carboxylic acids is 4. The van der Waals surface area contributed by atoms with E-state index in [1.165, 1.54) is 18.3 Å². The molecule has 5 atom stereocenters. The molecule has 0 bridgehead atoms. The number of cyclic esters (lactones) is 1. The van der Waals surface area contributed by atoms with Gasteiger partial charge in [-0.1, -0.05) is 111 Å². The van der Waals surface area contributed by atoms with Crippen molar-refractivity contribution < 1.29 is 29.0 Å². The maximum Gasteiger partial charge on any atom is 0.309 e. The van der Waals surface area contributed by atoms with E-state index in [2.05, 4.69) is 57.3 Å². The summed E-state index contributed by atoms with van der Waals surface area (Å²) in [4.78, 5) is 57.5. The van der Waals surface area contributed by atoms with Crippen molar-refractivity contribution in [1.29, 1.82) is 0 Å². The maximum atomic E-state index is 13.5. The summed E-state index contributed by atoms with van der Waals surface area (Å²) in [6.07, 6.45) is 1.39. The Kier molecular flexibility index (Phi) is 14.6. The molecule has 1 aliphatic rings. The van der Waals surface area contributed by atoms with Gasteiger partial charge >= 0.3 is 5.97 Å². The Morgan fingerprint density at radius 3 is 2.00 bits per heavy atom. The number of allylic oxidation sites excluding steroid dienone is 1. The zero-order valence-electron chi connectivity index (χ0n) is 30.7. The van der Waals surface area contributed by atoms with Crippen LogP contribution < -0.4 is 16.0 Å². The molecule has 12 heteroatoms. The molecule has 0 radical (unpaired) electrons. The van der Waals surface area contributed by atoms with Crippen molar-refractivity contribution in [3.05, 3.63) is 136 Å². The van der Waals surface area contributed by atoms with Gasteiger partial charge in [0.05, 0.1) is 40.9 Å². The van der Waals surface area contributed by atoms with Gasteiger partial charge in [0.2, 0.25) is 17.7 Å². The van der Waals surface area contributed by atoms with Gasteiger partial charge in [-0.05, 0) is 47.8 Å². The summed E-state index contributed by atoms with van der Waals surface area (Å²) in [5.74, 6) is -1.88. The summed E-state index contributed by atoms with van der Waals surface area (Å²) in [5.41, 5.74) is 5.67. The van der Waals surface area contributed by atoms with E-state index in [0.717, 1.165) is 16.7 Å². The molecule has 0 spiro atoms. The van der Waals surface area contributed by atoms with Gasteiger partial charge in [-0.15, -0.1) is 23.1 Å². The van der Waals surface area contributed by atoms with E-state index in [4.69, 9.17) is 4.74 Å². The largest absolute Gasteiger partial charge is 0.457 e. The Balaban J connectivity index is 1.38. The van der Waals surface area contributed by atoms with Crippen molar-refractivity contribution in [1.82, 2.24) is 20.9 Å². The second-order valence-corrected chi connectivity index (χ2v) is 15.7. The lowest BCUT2D eigenvalue weighted by molar-refractivity contribution is -0.151. The van der Waals surface area contributed by atoms with Gasteiger partial charge in [0.25, 0.3) is 0 Å². The van der Waals surface area contributed by atoms with Crippen molar-refractivity contribution in [2.24, 2.45) is 5.92 Å². The second-order valence-electron chi connectivity index (χ2n) is 13.7. The third kappa shape index (κ3) is 10.7. The predicted molar refractivity (Wildman–Crippen MR) is 213 cm³/mol. The Hall–Kier alpha value is -4.78. The fourth-order valence-electron chi connectivity index (χ4n) is 6.53. The van der Waals surface area contributed by atoms with Gasteiger partial charge in [-0.2, -0.15) is 0 Å². The SMILES string of the molecule is CC(C)[C@H]1NC(=O)[C@@H](C)NC(=O)[C@@H](Cc2cscn2)NC(=O)C[C@@H](/C=C/CCSC(c2ccccc2)(c2ccccc2)c2ccccc2)OC(=O)C[C@@H]1O. The minimum Gasteiger partial charge on any atom is -0.457 e. The van der Waals surface area contributed by atoms with Crippen molar-refractivity contribution >= 4 is 46.8 Å². The number of aliphatic hydroxyl groups is 1. The van der Waals surface area contributed by atoms with E-state index < -0.39 is 65.2 Å². The number of aromatic nitrogens is 1. The summed E-state index contributed by atoms with van der Waals surface area (Å²) in [6, 6.07) is 28.4. The average Bonchev–Trinajstić information content (AvgIpc) is 3.68. The molecule has 1 saturated heterocycles. The fraction of sp³-hybridized carbons (Fsp3) is 0.357. The predicted octanol–water partition coefficient (Wildman–Crippen LogP) is 5.55. The van der Waals surface area contributed by atoms with Crippen LogP contribution in [0.2, 0.25) is 0 Å². The van der Waals surface area contributed by atoms with Crippen molar-refractivity contribution in [3.8, 4) is 0 Å². The highest BCUT2D eigenvalue weighted by molar-refractivity contribution is 8.00. The molecular formula is C42H48N4O6S2. The molecule has 10 nitrogen and oxygen atoms in total. The van der Waals surface area contributed by atoms with Crippen LogP contribution in [0.3, 0.4) is 0 Å². The number of nitrogens with zero attached hydrogens (tertiary/aromatic N) is 1. The molecule has 0 aliphatic carbocycles. The van der Waals surface area contributed by atoms with Crippen LogP contribution in [0.15, 0.2) is 114 Å². The molecule has 3 amide bonds. The molecule has 0 unspecified atom stereocenters. The van der Waals surface area contributed by atoms with Crippen LogP contribution in [0.1, 0.15) is 62.4 Å². The molecule has 1 aromatic heterocycles. The molecule has 3 aromatic carbocycles. The Morgan fingerprint density at radius 2 is 1.46 bits per heavy atom. The monoisotopic (exact) mass is 768 g/mol. The highest BCUT2D eigenvalue weighted by Crippen LogP contribution is 2.48. The quantitative estimate of drug-likeness (QED) is 0.0673. The van der Waals surface area contributed by atoms with Crippen molar-refractivity contribution in [3.63, 3.8) is 0 Å². The number of esters is 1. The number of ether oxygens (including phenoxy) is 1. The molecule has 5 rings (SSSR count). The number of hydrogen-bond acceptors (Lipinski definition) is 9. The summed E-state index contributed by atoms with van der Waals surface area (Å²) in [6.45, 7) is 5.15. The molecule has 54 heavy (non-hydrogen) atoms. The zero-order chi connectivity index (χ0) is 38.5. The standard InChI is InChI=1S/C42H48N4O6S2/c1-28(2)39-36(47)25-38(49)52-34(24-37(48)45-35(23-33-26-53-27-43-33)41(51)44-29(3)40(50)46-39)21-13-14-22-54-42(30-15-7-4-8-16-30,31-17-9-5-10-18-31)32-19-11-6-12-20-32/h4-13,15-21,26-29,34-36,39,47H,14,22-25H2,1-3H3,(H,44,51)(H,45,48)(H,46,50)/b21-13+/t29-,34-,35-,36+,39-/m1/s1. The third-order valence-corrected chi connectivity index (χ3v) is 11.5. The maximum absolute atomic E-state index is 13.5. The normalized spacial score (nSPS) is 22.1. The number of benzene rings is 3. The van der Waals surface area contributed by atoms with Gasteiger partial charge in [0, 0.05) is 11.8 Å². The molecule has 0 saturated carbocycles. The van der Waals surface area contributed by atoms with Crippen LogP contribution in [0.4, 0.5) is 0 Å². The number of rotatable bonds is 11. The number of aliphatic hydroxyl groups excluding tert-OH is 1. The zero-order valence-corrected chi connectivity index (χ0v) is 32.4. The van der Waals surface area contributed by atoms with Gasteiger partial charge in [-0.3, -0.25) is 19.2 Å². The lowest BCUT2D eigenvalue weighted by Gasteiger charge is -2.35. The molecule has 4 aromatic rings. The summed E-state index contributed by atoms with van der Waals surface area (Å²) in [5, 5.41) is 21.1. The highest BCUT2D eigenvalue weighted by atomic mass is 32.2. The number of thiazole rings is 1. The Bertz CT molecular complexity index is 1740. The number of nitrogens with one attached hydrogen (secondary N) is 3. The molecular weight excluding hydrogens is 721 g/mol. The minimum absolute atomic E-state index is 0.103. The number of carbonyl (C=O) groups is 4. The topological polar surface area (TPSA) is 147 Å². The minimum atomic E-state index is -1.26. The van der Waals surface area contributed by atoms with Crippen LogP contribution in [-0.2, 0) is 35.1 Å². The number of thioether (sulfide) groups is 1. The second kappa shape index (κ2) is 19.5. The molecule has 284 valence electrons. The fourth-order valence-corrected chi connectivity index (χ4v) is 8.57. The lowest BCUT2D eigenvalue weighted by Crippen LogP contribution is -2.56. The van der Waals surface area contributed by atoms with Gasteiger partial charge < -0.3 is 25.8 Å². The molecule has 2 heterocycles. The van der Waals surface area contributed by atoms with E-state index in [0.29, 0.717) is 17.9 Å². The third-order valence-electron chi connectivity index (χ3n) is 9.28. The summed E-state index contributed by atoms with van der Waals surface area (Å²) in [7, 11) is 0. The van der Waals surface area contributed by atoms with Crippen molar-refractivity contribution in [2.45, 2.75) is 81.5 Å². The summed E-state index contributed by atoms with van der Waals surface area (Å²) >= 11 is 3.15. The van der Waals surface area contributed by atoms with Gasteiger partial charge in [0.1, 0.15) is 18.2 Å². The van der Waals surface area contributed by atoms with Crippen molar-refractivity contribution in [2.75, 3.05) is 5.75 Å². The van der Waals surface area contributed by atoms with Crippen LogP contribution in [-0.4, -0.2) is 69.9 Å². The van der Waals surface area contributed by atoms with E-state index in [-0.39, 0.29) is 18.8 Å². The Labute approximate surface area is 325 Å². The van der Waals surface area contributed by atoms with E-state index in [9.17, 15) is 24.3 Å². The van der Waals surface area contributed by atoms with Gasteiger partial charge in [0.15, 0.2) is 0 Å². The summed E-state index contributed by atoms with van der Waals surface area (Å²) < 4.78 is 5.29.